The third kappa shape index (κ3) is 5.17. The minimum atomic E-state index is -1.12. The number of nitrogen functional groups attached to an aromatic ring is 1. The Bertz CT molecular complexity index is 1400. The predicted molar refractivity (Wildman–Crippen MR) is 146 cm³/mol. The average molecular weight is 524 g/mol. The zero-order chi connectivity index (χ0) is 27.0. The van der Waals surface area contributed by atoms with Crippen LogP contribution in [0.15, 0.2) is 30.9 Å². The summed E-state index contributed by atoms with van der Waals surface area (Å²) in [7, 11) is 0. The van der Waals surface area contributed by atoms with E-state index in [0.29, 0.717) is 17.7 Å². The fraction of sp³-hybridized carbons (Fsp3) is 0.538. The monoisotopic (exact) mass is 523 g/mol. The van der Waals surface area contributed by atoms with E-state index in [9.17, 15) is 10.2 Å². The SMILES string of the molecule is CCN(CCCNc1nc2ccc(C(C)(C)C)cc2[nH]1)CC1OC(n2cnc3c(N)ncnc32)C(O)C1O. The number of ether oxygens (including phenoxy) is 1. The fourth-order valence-electron chi connectivity index (χ4n) is 4.87. The second-order valence-corrected chi connectivity index (χ2v) is 10.9. The van der Waals surface area contributed by atoms with Crippen LogP contribution >= 0.6 is 0 Å². The molecule has 0 amide bonds. The number of aromatic amines is 1. The number of aromatic nitrogens is 6. The first kappa shape index (κ1) is 26.3. The molecule has 1 fully saturated rings. The molecule has 12 nitrogen and oxygen atoms in total. The molecule has 204 valence electrons. The van der Waals surface area contributed by atoms with E-state index >= 15 is 0 Å². The third-order valence-corrected chi connectivity index (χ3v) is 7.18. The minimum absolute atomic E-state index is 0.0814. The lowest BCUT2D eigenvalue weighted by atomic mass is 9.87. The number of H-pyrrole nitrogens is 1. The van der Waals surface area contributed by atoms with Gasteiger partial charge in [-0.05, 0) is 42.6 Å². The smallest absolute Gasteiger partial charge is 0.201 e. The van der Waals surface area contributed by atoms with Crippen molar-refractivity contribution in [3.8, 4) is 0 Å². The molecule has 6 N–H and O–H groups in total. The van der Waals surface area contributed by atoms with Gasteiger partial charge in [0, 0.05) is 13.1 Å². The molecule has 0 radical (unpaired) electrons. The highest BCUT2D eigenvalue weighted by molar-refractivity contribution is 5.81. The molecule has 4 atom stereocenters. The molecule has 3 aromatic heterocycles. The fourth-order valence-corrected chi connectivity index (χ4v) is 4.87. The van der Waals surface area contributed by atoms with E-state index in [1.165, 1.54) is 18.2 Å². The van der Waals surface area contributed by atoms with Gasteiger partial charge in [0.1, 0.15) is 30.2 Å². The highest BCUT2D eigenvalue weighted by Crippen LogP contribution is 2.32. The van der Waals surface area contributed by atoms with E-state index in [1.54, 1.807) is 4.57 Å². The van der Waals surface area contributed by atoms with Crippen LogP contribution in [0.2, 0.25) is 0 Å². The number of aliphatic hydroxyl groups excluding tert-OH is 2. The molecule has 4 unspecified atom stereocenters. The predicted octanol–water partition coefficient (Wildman–Crippen LogP) is 2.03. The van der Waals surface area contributed by atoms with Crippen molar-refractivity contribution in [3.05, 3.63) is 36.4 Å². The van der Waals surface area contributed by atoms with Gasteiger partial charge in [0.2, 0.25) is 5.95 Å². The highest BCUT2D eigenvalue weighted by atomic mass is 16.6. The van der Waals surface area contributed by atoms with Crippen LogP contribution in [0.25, 0.3) is 22.2 Å². The van der Waals surface area contributed by atoms with E-state index in [-0.39, 0.29) is 11.2 Å². The van der Waals surface area contributed by atoms with Crippen molar-refractivity contribution in [2.75, 3.05) is 37.2 Å². The van der Waals surface area contributed by atoms with Gasteiger partial charge in [0.15, 0.2) is 17.7 Å². The average Bonchev–Trinajstić information content (AvgIpc) is 3.57. The molecule has 0 spiro atoms. The number of hydrogen-bond acceptors (Lipinski definition) is 10. The van der Waals surface area contributed by atoms with E-state index in [0.717, 1.165) is 43.0 Å². The highest BCUT2D eigenvalue weighted by Gasteiger charge is 2.44. The summed E-state index contributed by atoms with van der Waals surface area (Å²) in [5.74, 6) is 1.01. The number of anilines is 2. The van der Waals surface area contributed by atoms with Crippen LogP contribution in [0.3, 0.4) is 0 Å². The van der Waals surface area contributed by atoms with Gasteiger partial charge in [-0.1, -0.05) is 33.8 Å². The molecule has 4 aromatic rings. The standard InChI is InChI=1S/C26H37N9O3/c1-5-34(10-6-9-28-25-32-16-8-7-15(26(2,3)4)11-17(16)33-25)12-18-20(36)21(37)24(38-18)35-14-31-19-22(27)29-13-30-23(19)35/h7-8,11,13-14,18,20-21,24,36-37H,5-6,9-10,12H2,1-4H3,(H2,27,29,30)(H2,28,32,33). The summed E-state index contributed by atoms with van der Waals surface area (Å²) < 4.78 is 7.70. The number of nitrogens with one attached hydrogen (secondary N) is 2. The van der Waals surface area contributed by atoms with Crippen molar-refractivity contribution >= 4 is 34.0 Å². The summed E-state index contributed by atoms with van der Waals surface area (Å²) in [5, 5.41) is 24.9. The zero-order valence-electron chi connectivity index (χ0n) is 22.3. The third-order valence-electron chi connectivity index (χ3n) is 7.18. The van der Waals surface area contributed by atoms with Crippen molar-refractivity contribution in [2.24, 2.45) is 0 Å². The van der Waals surface area contributed by atoms with Gasteiger partial charge in [0.05, 0.1) is 17.4 Å². The number of benzene rings is 1. The molecular formula is C26H37N9O3. The molecule has 1 aliphatic rings. The maximum atomic E-state index is 10.7. The Morgan fingerprint density at radius 3 is 2.76 bits per heavy atom. The van der Waals surface area contributed by atoms with Crippen LogP contribution in [0.4, 0.5) is 11.8 Å². The van der Waals surface area contributed by atoms with Gasteiger partial charge >= 0.3 is 0 Å². The lowest BCUT2D eigenvalue weighted by Crippen LogP contribution is -2.40. The minimum Gasteiger partial charge on any atom is -0.387 e. The quantitative estimate of drug-likeness (QED) is 0.205. The van der Waals surface area contributed by atoms with Crippen molar-refractivity contribution < 1.29 is 14.9 Å². The van der Waals surface area contributed by atoms with Crippen LogP contribution in [-0.4, -0.2) is 89.1 Å². The van der Waals surface area contributed by atoms with Gasteiger partial charge in [-0.3, -0.25) is 4.57 Å². The number of nitrogens with zero attached hydrogens (tertiary/aromatic N) is 6. The van der Waals surface area contributed by atoms with E-state index < -0.39 is 24.5 Å². The van der Waals surface area contributed by atoms with Crippen LogP contribution in [0, 0.1) is 0 Å². The summed E-state index contributed by atoms with van der Waals surface area (Å²) in [6, 6.07) is 6.35. The van der Waals surface area contributed by atoms with Gasteiger partial charge in [-0.25, -0.2) is 19.9 Å². The van der Waals surface area contributed by atoms with Crippen molar-refractivity contribution in [3.63, 3.8) is 0 Å². The molecule has 38 heavy (non-hydrogen) atoms. The molecule has 1 aliphatic heterocycles. The molecule has 4 heterocycles. The molecule has 5 rings (SSSR count). The normalized spacial score (nSPS) is 22.2. The lowest BCUT2D eigenvalue weighted by Gasteiger charge is -2.25. The van der Waals surface area contributed by atoms with E-state index in [1.807, 2.05) is 0 Å². The molecule has 1 saturated heterocycles. The second kappa shape index (κ2) is 10.4. The molecule has 0 aliphatic carbocycles. The Morgan fingerprint density at radius 1 is 1.18 bits per heavy atom. The van der Waals surface area contributed by atoms with Crippen molar-refractivity contribution in [1.82, 2.24) is 34.4 Å². The first-order valence-electron chi connectivity index (χ1n) is 13.1. The second-order valence-electron chi connectivity index (χ2n) is 10.9. The van der Waals surface area contributed by atoms with Crippen molar-refractivity contribution in [2.45, 2.75) is 64.1 Å². The lowest BCUT2D eigenvalue weighted by molar-refractivity contribution is -0.0437. The Balaban J connectivity index is 1.15. The topological polar surface area (TPSA) is 163 Å². The summed E-state index contributed by atoms with van der Waals surface area (Å²) in [6.45, 7) is 11.5. The first-order chi connectivity index (χ1) is 18.2. The number of aliphatic hydroxyl groups is 2. The Morgan fingerprint density at radius 2 is 2.00 bits per heavy atom. The number of hydrogen-bond donors (Lipinski definition) is 5. The number of imidazole rings is 2. The summed E-state index contributed by atoms with van der Waals surface area (Å²) in [4.78, 5) is 22.6. The van der Waals surface area contributed by atoms with Gasteiger partial charge in [-0.15, -0.1) is 0 Å². The largest absolute Gasteiger partial charge is 0.387 e. The van der Waals surface area contributed by atoms with Gasteiger partial charge in [0.25, 0.3) is 0 Å². The van der Waals surface area contributed by atoms with Gasteiger partial charge < -0.3 is 35.9 Å². The van der Waals surface area contributed by atoms with Crippen LogP contribution in [-0.2, 0) is 10.2 Å². The molecule has 1 aromatic carbocycles. The maximum absolute atomic E-state index is 10.7. The zero-order valence-corrected chi connectivity index (χ0v) is 22.3. The summed E-state index contributed by atoms with van der Waals surface area (Å²) in [6.07, 6.45) is 0.165. The summed E-state index contributed by atoms with van der Waals surface area (Å²) >= 11 is 0. The van der Waals surface area contributed by atoms with Crippen LogP contribution in [0.5, 0.6) is 0 Å². The number of likely N-dealkylation sites (N-methyl/N-ethyl adjacent to an activating group) is 1. The Labute approximate surface area is 221 Å². The Kier molecular flexibility index (Phi) is 7.23. The van der Waals surface area contributed by atoms with Crippen LogP contribution < -0.4 is 11.1 Å². The van der Waals surface area contributed by atoms with Gasteiger partial charge in [-0.2, -0.15) is 0 Å². The maximum Gasteiger partial charge on any atom is 0.201 e. The van der Waals surface area contributed by atoms with Crippen LogP contribution in [0.1, 0.15) is 45.9 Å². The number of rotatable bonds is 9. The molecule has 12 heteroatoms. The first-order valence-corrected chi connectivity index (χ1v) is 13.1. The van der Waals surface area contributed by atoms with E-state index in [4.69, 9.17) is 10.5 Å². The van der Waals surface area contributed by atoms with E-state index in [2.05, 4.69) is 81.0 Å². The number of fused-ring (bicyclic) bond motifs is 2. The molecule has 0 bridgehead atoms. The molecule has 0 saturated carbocycles. The molecular weight excluding hydrogens is 486 g/mol. The number of nitrogens with two attached hydrogens (primary N) is 1. The summed E-state index contributed by atoms with van der Waals surface area (Å²) in [5.41, 5.74) is 10.1. The Hall–Kier alpha value is -3.32. The van der Waals surface area contributed by atoms with Crippen molar-refractivity contribution in [1.29, 1.82) is 0 Å².